The van der Waals surface area contributed by atoms with Gasteiger partial charge in [-0.3, -0.25) is 10.2 Å². The predicted molar refractivity (Wildman–Crippen MR) is 117 cm³/mol. The minimum Gasteiger partial charge on any atom is -0.358 e. The van der Waals surface area contributed by atoms with Crippen LogP contribution in [0.1, 0.15) is 17.3 Å². The number of nitrogens with zero attached hydrogens (tertiary/aromatic N) is 1. The molecule has 4 N–H and O–H groups in total. The largest absolute Gasteiger partial charge is 0.358 e. The average molecular weight is 404 g/mol. The summed E-state index contributed by atoms with van der Waals surface area (Å²) in [6.45, 7) is 2.62. The van der Waals surface area contributed by atoms with Gasteiger partial charge < -0.3 is 10.3 Å². The number of aryl methyl sites for hydroxylation is 1. The molecule has 0 aliphatic carbocycles. The van der Waals surface area contributed by atoms with Gasteiger partial charge >= 0.3 is 0 Å². The Hall–Kier alpha value is -3.00. The molecule has 0 bridgehead atoms. The predicted octanol–water partition coefficient (Wildman–Crippen LogP) is 4.00. The topological polar surface area (TPSA) is 81.8 Å². The maximum Gasteiger partial charge on any atom is 0.232 e. The van der Waals surface area contributed by atoms with E-state index in [1.54, 1.807) is 0 Å². The van der Waals surface area contributed by atoms with E-state index in [0.29, 0.717) is 11.7 Å². The minimum absolute atomic E-state index is 0.0344. The normalized spacial score (nSPS) is 18.9. The molecule has 2 atom stereocenters. The van der Waals surface area contributed by atoms with Crippen molar-refractivity contribution in [3.8, 4) is 11.3 Å². The maximum atomic E-state index is 12.9. The first-order chi connectivity index (χ1) is 14.2. The number of H-pyrrole nitrogens is 1. The molecule has 5 rings (SSSR count). The van der Waals surface area contributed by atoms with E-state index in [1.165, 1.54) is 11.3 Å². The molecule has 3 heterocycles. The van der Waals surface area contributed by atoms with Gasteiger partial charge in [0, 0.05) is 34.1 Å². The smallest absolute Gasteiger partial charge is 0.232 e. The molecule has 1 saturated heterocycles. The summed E-state index contributed by atoms with van der Waals surface area (Å²) in [6, 6.07) is 18.1. The van der Waals surface area contributed by atoms with E-state index in [2.05, 4.69) is 33.3 Å². The van der Waals surface area contributed by atoms with Gasteiger partial charge in [-0.15, -0.1) is 11.3 Å². The van der Waals surface area contributed by atoms with Gasteiger partial charge in [0.05, 0.1) is 17.7 Å². The van der Waals surface area contributed by atoms with Crippen molar-refractivity contribution in [1.29, 1.82) is 0 Å². The van der Waals surface area contributed by atoms with E-state index in [9.17, 15) is 4.79 Å². The van der Waals surface area contributed by atoms with Crippen LogP contribution < -0.4 is 16.2 Å². The van der Waals surface area contributed by atoms with E-state index < -0.39 is 0 Å². The Morgan fingerprint density at radius 3 is 2.79 bits per heavy atom. The van der Waals surface area contributed by atoms with Crippen LogP contribution >= 0.6 is 11.3 Å². The lowest BCUT2D eigenvalue weighted by Gasteiger charge is -2.17. The van der Waals surface area contributed by atoms with Crippen molar-refractivity contribution in [1.82, 2.24) is 20.8 Å². The number of hydrazine groups is 1. The highest BCUT2D eigenvalue weighted by molar-refractivity contribution is 7.14. The number of benzene rings is 2. The van der Waals surface area contributed by atoms with Gasteiger partial charge in [0.25, 0.3) is 0 Å². The number of rotatable bonds is 4. The second kappa shape index (κ2) is 7.44. The molecule has 1 amide bonds. The first kappa shape index (κ1) is 18.1. The Morgan fingerprint density at radius 1 is 1.14 bits per heavy atom. The number of para-hydroxylation sites is 1. The first-order valence-electron chi connectivity index (χ1n) is 9.58. The monoisotopic (exact) mass is 403 g/mol. The number of anilines is 1. The maximum absolute atomic E-state index is 12.9. The average Bonchev–Trinajstić information content (AvgIpc) is 3.46. The number of fused-ring (bicyclic) bond motifs is 1. The van der Waals surface area contributed by atoms with Crippen molar-refractivity contribution in [2.24, 2.45) is 5.92 Å². The van der Waals surface area contributed by atoms with Crippen molar-refractivity contribution in [2.75, 3.05) is 11.9 Å². The third-order valence-electron chi connectivity index (χ3n) is 5.36. The number of amides is 1. The lowest BCUT2D eigenvalue weighted by Crippen LogP contribution is -2.29. The summed E-state index contributed by atoms with van der Waals surface area (Å²) in [5.41, 5.74) is 11.5. The molecule has 1 aliphatic rings. The Bertz CT molecular complexity index is 1170. The summed E-state index contributed by atoms with van der Waals surface area (Å²) < 4.78 is 0. The van der Waals surface area contributed by atoms with Crippen LogP contribution in [-0.4, -0.2) is 22.4 Å². The molecule has 0 saturated carbocycles. The molecule has 146 valence electrons. The molecule has 1 aliphatic heterocycles. The van der Waals surface area contributed by atoms with Crippen molar-refractivity contribution in [3.63, 3.8) is 0 Å². The first-order valence-corrected chi connectivity index (χ1v) is 10.5. The van der Waals surface area contributed by atoms with Crippen LogP contribution in [0.2, 0.25) is 0 Å². The Labute approximate surface area is 172 Å². The van der Waals surface area contributed by atoms with Gasteiger partial charge in [0.2, 0.25) is 5.91 Å². The Morgan fingerprint density at radius 2 is 1.93 bits per heavy atom. The molecule has 1 fully saturated rings. The van der Waals surface area contributed by atoms with Crippen LogP contribution in [-0.2, 0) is 4.79 Å². The molecule has 2 aromatic carbocycles. The zero-order valence-electron chi connectivity index (χ0n) is 15.9. The summed E-state index contributed by atoms with van der Waals surface area (Å²) in [5.74, 6) is -0.243. The second-order valence-electron chi connectivity index (χ2n) is 7.22. The third-order valence-corrected chi connectivity index (χ3v) is 6.12. The molecule has 2 unspecified atom stereocenters. The van der Waals surface area contributed by atoms with Gasteiger partial charge in [-0.05, 0) is 18.6 Å². The fourth-order valence-electron chi connectivity index (χ4n) is 3.97. The van der Waals surface area contributed by atoms with Crippen LogP contribution in [0.3, 0.4) is 0 Å². The van der Waals surface area contributed by atoms with Crippen LogP contribution in [0.15, 0.2) is 60.0 Å². The SMILES string of the molecule is Cc1[nH]c2ccccc2c1-c1csc(NC(=O)C2CNNC2c2ccccc2)n1. The van der Waals surface area contributed by atoms with Gasteiger partial charge in [-0.25, -0.2) is 10.4 Å². The number of hydrogen-bond donors (Lipinski definition) is 4. The van der Waals surface area contributed by atoms with Gasteiger partial charge in [-0.1, -0.05) is 48.5 Å². The summed E-state index contributed by atoms with van der Waals surface area (Å²) >= 11 is 1.45. The molecule has 0 radical (unpaired) electrons. The number of thiazole rings is 1. The Balaban J connectivity index is 1.37. The molecule has 29 heavy (non-hydrogen) atoms. The Kier molecular flexibility index (Phi) is 4.63. The van der Waals surface area contributed by atoms with Crippen molar-refractivity contribution < 1.29 is 4.79 Å². The third kappa shape index (κ3) is 3.33. The van der Waals surface area contributed by atoms with Crippen LogP contribution in [0.5, 0.6) is 0 Å². The number of aromatic nitrogens is 2. The fourth-order valence-corrected chi connectivity index (χ4v) is 4.67. The van der Waals surface area contributed by atoms with E-state index in [0.717, 1.165) is 33.4 Å². The van der Waals surface area contributed by atoms with Crippen LogP contribution in [0, 0.1) is 12.8 Å². The molecular weight excluding hydrogens is 382 g/mol. The van der Waals surface area contributed by atoms with E-state index in [4.69, 9.17) is 4.98 Å². The van der Waals surface area contributed by atoms with E-state index in [-0.39, 0.29) is 17.9 Å². The molecule has 6 nitrogen and oxygen atoms in total. The summed E-state index contributed by atoms with van der Waals surface area (Å²) in [4.78, 5) is 21.0. The number of carbonyl (C=O) groups is 1. The van der Waals surface area contributed by atoms with Gasteiger partial charge in [0.15, 0.2) is 5.13 Å². The van der Waals surface area contributed by atoms with Crippen molar-refractivity contribution >= 4 is 33.3 Å². The zero-order valence-corrected chi connectivity index (χ0v) is 16.7. The van der Waals surface area contributed by atoms with Gasteiger partial charge in [0.1, 0.15) is 0 Å². The molecule has 4 aromatic rings. The molecule has 0 spiro atoms. The van der Waals surface area contributed by atoms with Gasteiger partial charge in [-0.2, -0.15) is 0 Å². The highest BCUT2D eigenvalue weighted by atomic mass is 32.1. The number of aromatic amines is 1. The summed E-state index contributed by atoms with van der Waals surface area (Å²) in [6.07, 6.45) is 0. The highest BCUT2D eigenvalue weighted by Crippen LogP contribution is 2.34. The number of hydrogen-bond acceptors (Lipinski definition) is 5. The van der Waals surface area contributed by atoms with Crippen molar-refractivity contribution in [3.05, 3.63) is 71.2 Å². The zero-order chi connectivity index (χ0) is 19.8. The van der Waals surface area contributed by atoms with Crippen LogP contribution in [0.4, 0.5) is 5.13 Å². The number of nitrogens with one attached hydrogen (secondary N) is 4. The van der Waals surface area contributed by atoms with E-state index >= 15 is 0 Å². The second-order valence-corrected chi connectivity index (χ2v) is 8.08. The van der Waals surface area contributed by atoms with E-state index in [1.807, 2.05) is 54.8 Å². The molecule has 2 aromatic heterocycles. The summed E-state index contributed by atoms with van der Waals surface area (Å²) in [7, 11) is 0. The minimum atomic E-state index is -0.209. The standard InChI is InChI=1S/C22H21N5OS/c1-13-19(15-9-5-6-10-17(15)24-13)18-12-29-22(25-18)26-21(28)16-11-23-27-20(16)14-7-3-2-4-8-14/h2-10,12,16,20,23-24,27H,11H2,1H3,(H,25,26,28). The highest BCUT2D eigenvalue weighted by Gasteiger charge is 2.34. The molecule has 7 heteroatoms. The fraction of sp³-hybridized carbons (Fsp3) is 0.182. The number of carbonyl (C=O) groups excluding carboxylic acids is 1. The van der Waals surface area contributed by atoms with Crippen LogP contribution in [0.25, 0.3) is 22.2 Å². The lowest BCUT2D eigenvalue weighted by atomic mass is 9.94. The lowest BCUT2D eigenvalue weighted by molar-refractivity contribution is -0.119. The summed E-state index contributed by atoms with van der Waals surface area (Å²) in [5, 5.41) is 6.77. The quantitative estimate of drug-likeness (QED) is 0.415. The van der Waals surface area contributed by atoms with Crippen molar-refractivity contribution in [2.45, 2.75) is 13.0 Å². The molecular formula is C22H21N5OS.